The van der Waals surface area contributed by atoms with Crippen LogP contribution in [0.15, 0.2) is 54.7 Å². The summed E-state index contributed by atoms with van der Waals surface area (Å²) in [4.78, 5) is 26.5. The van der Waals surface area contributed by atoms with Crippen molar-refractivity contribution in [1.82, 2.24) is 14.8 Å². The van der Waals surface area contributed by atoms with Crippen molar-refractivity contribution < 1.29 is 22.9 Å². The molecule has 11 heteroatoms. The summed E-state index contributed by atoms with van der Waals surface area (Å²) in [6.45, 7) is 1.64. The second kappa shape index (κ2) is 8.15. The Morgan fingerprint density at radius 1 is 1.23 bits per heavy atom. The molecule has 2 aromatic heterocycles. The van der Waals surface area contributed by atoms with E-state index in [4.69, 9.17) is 0 Å². The normalized spacial score (nSPS) is 11.6. The van der Waals surface area contributed by atoms with Crippen LogP contribution in [-0.4, -0.2) is 25.6 Å². The summed E-state index contributed by atoms with van der Waals surface area (Å²) >= 11 is 0. The van der Waals surface area contributed by atoms with Crippen LogP contribution in [-0.2, 0) is 11.0 Å². The zero-order valence-electron chi connectivity index (χ0n) is 15.4. The van der Waals surface area contributed by atoms with E-state index in [1.165, 1.54) is 35.0 Å². The fourth-order valence-electron chi connectivity index (χ4n) is 2.57. The van der Waals surface area contributed by atoms with E-state index in [0.717, 1.165) is 18.2 Å². The number of aryl methyl sites for hydroxylation is 1. The van der Waals surface area contributed by atoms with Gasteiger partial charge in [-0.1, -0.05) is 12.1 Å². The quantitative estimate of drug-likeness (QED) is 0.382. The molecule has 1 aromatic carbocycles. The van der Waals surface area contributed by atoms with Crippen LogP contribution in [0.25, 0.3) is 11.9 Å². The number of halogens is 3. The van der Waals surface area contributed by atoms with Gasteiger partial charge in [-0.2, -0.15) is 23.0 Å². The zero-order valence-corrected chi connectivity index (χ0v) is 15.4. The predicted octanol–water partition coefficient (Wildman–Crippen LogP) is 4.15. The molecular formula is C19H14F3N5O3. The van der Waals surface area contributed by atoms with Crippen molar-refractivity contribution in [2.75, 3.05) is 5.32 Å². The van der Waals surface area contributed by atoms with Gasteiger partial charge in [0.25, 0.3) is 5.69 Å². The Morgan fingerprint density at radius 2 is 1.97 bits per heavy atom. The molecule has 0 fully saturated rings. The molecule has 8 nitrogen and oxygen atoms in total. The van der Waals surface area contributed by atoms with Crippen molar-refractivity contribution in [3.05, 3.63) is 81.7 Å². The van der Waals surface area contributed by atoms with E-state index in [-0.39, 0.29) is 22.9 Å². The smallest absolute Gasteiger partial charge is 0.307 e. The van der Waals surface area contributed by atoms with Crippen molar-refractivity contribution in [3.63, 3.8) is 0 Å². The van der Waals surface area contributed by atoms with Crippen molar-refractivity contribution in [1.29, 1.82) is 0 Å². The Morgan fingerprint density at radius 3 is 2.60 bits per heavy atom. The first-order valence-electron chi connectivity index (χ1n) is 8.48. The van der Waals surface area contributed by atoms with E-state index in [1.807, 2.05) is 0 Å². The Kier molecular flexibility index (Phi) is 5.63. The number of anilines is 1. The number of amides is 1. The van der Waals surface area contributed by atoms with Gasteiger partial charge in [-0.25, -0.2) is 4.98 Å². The minimum Gasteiger partial charge on any atom is -0.307 e. The summed E-state index contributed by atoms with van der Waals surface area (Å²) in [5.41, 5.74) is -0.328. The number of carbonyl (C=O) groups excluding carboxylic acids is 1. The maximum absolute atomic E-state index is 12.7. The van der Waals surface area contributed by atoms with E-state index in [1.54, 1.807) is 13.0 Å². The molecule has 1 amide bonds. The van der Waals surface area contributed by atoms with Gasteiger partial charge in [0.1, 0.15) is 5.82 Å². The van der Waals surface area contributed by atoms with Crippen LogP contribution in [0.2, 0.25) is 0 Å². The summed E-state index contributed by atoms with van der Waals surface area (Å²) in [5, 5.41) is 17.7. The van der Waals surface area contributed by atoms with Gasteiger partial charge < -0.3 is 5.32 Å². The first-order chi connectivity index (χ1) is 14.1. The SMILES string of the molecule is Cc1cc(NC(=O)/C=C/c2ccccc2[N+](=O)[O-])n(-c2ccc(C(F)(F)F)cn2)n1. The minimum absolute atomic E-state index is 0.0778. The lowest BCUT2D eigenvalue weighted by molar-refractivity contribution is -0.385. The van der Waals surface area contributed by atoms with Gasteiger partial charge in [0.2, 0.25) is 5.91 Å². The minimum atomic E-state index is -4.52. The van der Waals surface area contributed by atoms with Gasteiger partial charge in [0.15, 0.2) is 5.82 Å². The number of alkyl halides is 3. The number of benzene rings is 1. The van der Waals surface area contributed by atoms with Gasteiger partial charge in [-0.3, -0.25) is 14.9 Å². The van der Waals surface area contributed by atoms with Crippen LogP contribution in [0.4, 0.5) is 24.7 Å². The number of pyridine rings is 1. The Hall–Kier alpha value is -4.02. The molecule has 0 atom stereocenters. The van der Waals surface area contributed by atoms with Gasteiger partial charge in [0, 0.05) is 24.4 Å². The van der Waals surface area contributed by atoms with Crippen molar-refractivity contribution in [3.8, 4) is 5.82 Å². The van der Waals surface area contributed by atoms with Gasteiger partial charge in [-0.05, 0) is 31.2 Å². The molecule has 0 bridgehead atoms. The lowest BCUT2D eigenvalue weighted by Gasteiger charge is -2.09. The lowest BCUT2D eigenvalue weighted by Crippen LogP contribution is -2.13. The summed E-state index contributed by atoms with van der Waals surface area (Å²) < 4.78 is 39.3. The van der Waals surface area contributed by atoms with E-state index >= 15 is 0 Å². The molecule has 3 rings (SSSR count). The van der Waals surface area contributed by atoms with E-state index in [0.29, 0.717) is 11.9 Å². The van der Waals surface area contributed by atoms with Crippen LogP contribution in [0.1, 0.15) is 16.8 Å². The van der Waals surface area contributed by atoms with Crippen LogP contribution in [0.3, 0.4) is 0 Å². The molecule has 0 aliphatic heterocycles. The molecule has 0 saturated carbocycles. The number of nitro groups is 1. The van der Waals surface area contributed by atoms with E-state index in [2.05, 4.69) is 15.4 Å². The van der Waals surface area contributed by atoms with Crippen LogP contribution < -0.4 is 5.32 Å². The van der Waals surface area contributed by atoms with Crippen LogP contribution in [0, 0.1) is 17.0 Å². The number of para-hydroxylation sites is 1. The largest absolute Gasteiger partial charge is 0.417 e. The standard InChI is InChI=1S/C19H14F3N5O3/c1-12-10-17(26(25-12)16-8-7-14(11-23-16)19(20,21)22)24-18(28)9-6-13-4-2-3-5-15(13)27(29)30/h2-11H,1H3,(H,24,28)/b9-6+. The number of aromatic nitrogens is 3. The molecule has 0 unspecified atom stereocenters. The summed E-state index contributed by atoms with van der Waals surface area (Å²) in [6.07, 6.45) is -1.45. The van der Waals surface area contributed by atoms with Crippen molar-refractivity contribution >= 4 is 23.5 Å². The molecule has 0 aliphatic carbocycles. The van der Waals surface area contributed by atoms with Crippen LogP contribution in [0.5, 0.6) is 0 Å². The Balaban J connectivity index is 1.81. The molecule has 0 saturated heterocycles. The average Bonchev–Trinajstić information content (AvgIpc) is 3.06. The number of nitro benzene ring substituents is 1. The molecule has 0 radical (unpaired) electrons. The fraction of sp³-hybridized carbons (Fsp3) is 0.105. The molecule has 1 N–H and O–H groups in total. The molecule has 154 valence electrons. The van der Waals surface area contributed by atoms with Gasteiger partial charge in [0.05, 0.1) is 21.7 Å². The Bertz CT molecular complexity index is 1120. The molecule has 2 heterocycles. The zero-order chi connectivity index (χ0) is 21.9. The second-order valence-electron chi connectivity index (χ2n) is 6.12. The summed E-state index contributed by atoms with van der Waals surface area (Å²) in [7, 11) is 0. The number of nitrogens with one attached hydrogen (secondary N) is 1. The number of rotatable bonds is 5. The van der Waals surface area contributed by atoms with Crippen molar-refractivity contribution in [2.45, 2.75) is 13.1 Å². The first kappa shape index (κ1) is 20.7. The van der Waals surface area contributed by atoms with Crippen molar-refractivity contribution in [2.24, 2.45) is 0 Å². The highest BCUT2D eigenvalue weighted by atomic mass is 19.4. The molecule has 0 spiro atoms. The summed E-state index contributed by atoms with van der Waals surface area (Å²) in [5.74, 6) is -0.354. The van der Waals surface area contributed by atoms with Crippen LogP contribution >= 0.6 is 0 Å². The van der Waals surface area contributed by atoms with E-state index in [9.17, 15) is 28.1 Å². The molecule has 0 aliphatic rings. The average molecular weight is 417 g/mol. The fourth-order valence-corrected chi connectivity index (χ4v) is 2.57. The third-order valence-corrected chi connectivity index (χ3v) is 3.92. The van der Waals surface area contributed by atoms with E-state index < -0.39 is 22.6 Å². The molecule has 30 heavy (non-hydrogen) atoms. The number of hydrogen-bond donors (Lipinski definition) is 1. The number of nitrogens with zero attached hydrogens (tertiary/aromatic N) is 4. The highest BCUT2D eigenvalue weighted by molar-refractivity contribution is 6.01. The highest BCUT2D eigenvalue weighted by Gasteiger charge is 2.30. The highest BCUT2D eigenvalue weighted by Crippen LogP contribution is 2.29. The molecular weight excluding hydrogens is 403 g/mol. The second-order valence-corrected chi connectivity index (χ2v) is 6.12. The Labute approximate surface area is 167 Å². The first-order valence-corrected chi connectivity index (χ1v) is 8.48. The third kappa shape index (κ3) is 4.69. The third-order valence-electron chi connectivity index (χ3n) is 3.92. The number of carbonyl (C=O) groups is 1. The lowest BCUT2D eigenvalue weighted by atomic mass is 10.1. The maximum Gasteiger partial charge on any atom is 0.417 e. The van der Waals surface area contributed by atoms with Gasteiger partial charge in [-0.15, -0.1) is 0 Å². The monoisotopic (exact) mass is 417 g/mol. The molecule has 3 aromatic rings. The summed E-state index contributed by atoms with van der Waals surface area (Å²) in [6, 6.07) is 9.41. The number of hydrogen-bond acceptors (Lipinski definition) is 5. The predicted molar refractivity (Wildman–Crippen MR) is 102 cm³/mol. The topological polar surface area (TPSA) is 103 Å². The van der Waals surface area contributed by atoms with Gasteiger partial charge >= 0.3 is 6.18 Å². The maximum atomic E-state index is 12.7.